The van der Waals surface area contributed by atoms with Crippen molar-refractivity contribution in [3.8, 4) is 11.5 Å². The highest BCUT2D eigenvalue weighted by Gasteiger charge is 2.34. The molecule has 1 heterocycles. The van der Waals surface area contributed by atoms with Gasteiger partial charge in [0.05, 0.1) is 7.11 Å². The minimum Gasteiger partial charge on any atom is -0.497 e. The molecule has 5 heteroatoms. The van der Waals surface area contributed by atoms with E-state index in [2.05, 4.69) is 6.92 Å². The number of hydrogen-bond acceptors (Lipinski definition) is 4. The van der Waals surface area contributed by atoms with Crippen LogP contribution >= 0.6 is 0 Å². The lowest BCUT2D eigenvalue weighted by Gasteiger charge is -2.22. The third-order valence-electron chi connectivity index (χ3n) is 3.83. The van der Waals surface area contributed by atoms with Crippen LogP contribution in [0.2, 0.25) is 0 Å². The molecule has 0 spiro atoms. The molecule has 1 saturated heterocycles. The monoisotopic (exact) mass is 278 g/mol. The molecule has 1 aromatic carbocycles. The molecule has 110 valence electrons. The highest BCUT2D eigenvalue weighted by atomic mass is 16.5. The van der Waals surface area contributed by atoms with Crippen LogP contribution in [0, 0.1) is 5.41 Å². The van der Waals surface area contributed by atoms with Crippen molar-refractivity contribution in [2.75, 3.05) is 33.4 Å². The fraction of sp³-hybridized carbons (Fsp3) is 0.533. The number of carbonyl (C=O) groups is 1. The van der Waals surface area contributed by atoms with Gasteiger partial charge in [0, 0.05) is 13.1 Å². The lowest BCUT2D eigenvalue weighted by Crippen LogP contribution is -2.36. The van der Waals surface area contributed by atoms with E-state index in [1.54, 1.807) is 31.4 Å². The molecule has 1 atom stereocenters. The Kier molecular flexibility index (Phi) is 4.49. The Hall–Kier alpha value is -1.75. The number of methoxy groups -OCH3 is 1. The second-order valence-electron chi connectivity index (χ2n) is 5.54. The maximum Gasteiger partial charge on any atom is 0.260 e. The molecule has 0 radical (unpaired) electrons. The van der Waals surface area contributed by atoms with Crippen LogP contribution in [-0.4, -0.2) is 44.2 Å². The number of benzene rings is 1. The van der Waals surface area contributed by atoms with Crippen LogP contribution in [0.15, 0.2) is 24.3 Å². The van der Waals surface area contributed by atoms with Crippen molar-refractivity contribution in [2.45, 2.75) is 13.3 Å². The zero-order valence-corrected chi connectivity index (χ0v) is 12.1. The fourth-order valence-corrected chi connectivity index (χ4v) is 2.31. The standard InChI is InChI=1S/C15H22N2O3/c1-15(10-16)7-8-17(11-15)14(18)9-20-13-5-3-12(19-2)4-6-13/h3-6H,7-11,16H2,1-2H3. The lowest BCUT2D eigenvalue weighted by molar-refractivity contribution is -0.132. The van der Waals surface area contributed by atoms with E-state index in [0.717, 1.165) is 18.7 Å². The normalized spacial score (nSPS) is 21.9. The number of hydrogen-bond donors (Lipinski definition) is 1. The topological polar surface area (TPSA) is 64.8 Å². The molecule has 2 N–H and O–H groups in total. The Labute approximate surface area is 119 Å². The first kappa shape index (κ1) is 14.7. The largest absolute Gasteiger partial charge is 0.497 e. The maximum absolute atomic E-state index is 12.1. The first-order chi connectivity index (χ1) is 9.56. The van der Waals surface area contributed by atoms with Crippen molar-refractivity contribution in [3.05, 3.63) is 24.3 Å². The molecule has 20 heavy (non-hydrogen) atoms. The first-order valence-corrected chi connectivity index (χ1v) is 6.81. The van der Waals surface area contributed by atoms with Gasteiger partial charge in [-0.05, 0) is 42.6 Å². The predicted octanol–water partition coefficient (Wildman–Crippen LogP) is 1.27. The number of nitrogens with two attached hydrogens (primary N) is 1. The Morgan fingerprint density at radius 3 is 2.55 bits per heavy atom. The zero-order chi connectivity index (χ0) is 14.6. The molecule has 0 bridgehead atoms. The van der Waals surface area contributed by atoms with Crippen LogP contribution in [0.25, 0.3) is 0 Å². The van der Waals surface area contributed by atoms with Gasteiger partial charge >= 0.3 is 0 Å². The van der Waals surface area contributed by atoms with Crippen molar-refractivity contribution in [3.63, 3.8) is 0 Å². The minimum atomic E-state index is 0.0120. The number of nitrogens with zero attached hydrogens (tertiary/aromatic N) is 1. The van der Waals surface area contributed by atoms with Gasteiger partial charge in [-0.15, -0.1) is 0 Å². The number of likely N-dealkylation sites (tertiary alicyclic amines) is 1. The van der Waals surface area contributed by atoms with Crippen molar-refractivity contribution in [1.29, 1.82) is 0 Å². The first-order valence-electron chi connectivity index (χ1n) is 6.81. The van der Waals surface area contributed by atoms with Crippen LogP contribution in [0.3, 0.4) is 0 Å². The van der Waals surface area contributed by atoms with E-state index in [0.29, 0.717) is 18.8 Å². The molecule has 0 saturated carbocycles. The Morgan fingerprint density at radius 1 is 1.35 bits per heavy atom. The highest BCUT2D eigenvalue weighted by Crippen LogP contribution is 2.28. The van der Waals surface area contributed by atoms with Gasteiger partial charge in [-0.3, -0.25) is 4.79 Å². The van der Waals surface area contributed by atoms with Gasteiger partial charge in [-0.1, -0.05) is 6.92 Å². The summed E-state index contributed by atoms with van der Waals surface area (Å²) in [6, 6.07) is 7.20. The SMILES string of the molecule is COc1ccc(OCC(=O)N2CCC(C)(CN)C2)cc1. The number of ether oxygens (including phenoxy) is 2. The third-order valence-corrected chi connectivity index (χ3v) is 3.83. The van der Waals surface area contributed by atoms with E-state index in [-0.39, 0.29) is 17.9 Å². The van der Waals surface area contributed by atoms with Gasteiger partial charge in [0.15, 0.2) is 6.61 Å². The van der Waals surface area contributed by atoms with E-state index in [4.69, 9.17) is 15.2 Å². The molecule has 2 rings (SSSR count). The number of rotatable bonds is 5. The van der Waals surface area contributed by atoms with Gasteiger partial charge in [0.25, 0.3) is 5.91 Å². The quantitative estimate of drug-likeness (QED) is 0.881. The van der Waals surface area contributed by atoms with E-state index in [1.807, 2.05) is 4.90 Å². The van der Waals surface area contributed by atoms with Crippen molar-refractivity contribution in [2.24, 2.45) is 11.1 Å². The molecule has 0 aromatic heterocycles. The van der Waals surface area contributed by atoms with Crippen molar-refractivity contribution >= 4 is 5.91 Å². The van der Waals surface area contributed by atoms with Crippen LogP contribution in [0.4, 0.5) is 0 Å². The molecule has 5 nitrogen and oxygen atoms in total. The summed E-state index contributed by atoms with van der Waals surface area (Å²) in [6.45, 7) is 4.26. The molecule has 0 aliphatic carbocycles. The van der Waals surface area contributed by atoms with Crippen LogP contribution in [0.5, 0.6) is 11.5 Å². The third kappa shape index (κ3) is 3.42. The molecule has 1 unspecified atom stereocenters. The summed E-state index contributed by atoms with van der Waals surface area (Å²) in [6.07, 6.45) is 0.956. The molecular weight excluding hydrogens is 256 g/mol. The van der Waals surface area contributed by atoms with Crippen molar-refractivity contribution in [1.82, 2.24) is 4.90 Å². The van der Waals surface area contributed by atoms with Gasteiger partial charge in [0.1, 0.15) is 11.5 Å². The zero-order valence-electron chi connectivity index (χ0n) is 12.1. The lowest BCUT2D eigenvalue weighted by atomic mass is 9.90. The van der Waals surface area contributed by atoms with Gasteiger partial charge in [-0.25, -0.2) is 0 Å². The number of amides is 1. The molecular formula is C15H22N2O3. The van der Waals surface area contributed by atoms with Crippen LogP contribution in [0.1, 0.15) is 13.3 Å². The Bertz CT molecular complexity index is 461. The molecule has 1 amide bonds. The Morgan fingerprint density at radius 2 is 2.00 bits per heavy atom. The van der Waals surface area contributed by atoms with E-state index in [1.165, 1.54) is 0 Å². The van der Waals surface area contributed by atoms with Gasteiger partial charge in [-0.2, -0.15) is 0 Å². The number of carbonyl (C=O) groups excluding carboxylic acids is 1. The summed E-state index contributed by atoms with van der Waals surface area (Å²) >= 11 is 0. The average Bonchev–Trinajstić information content (AvgIpc) is 2.89. The van der Waals surface area contributed by atoms with E-state index < -0.39 is 0 Å². The fourth-order valence-electron chi connectivity index (χ4n) is 2.31. The molecule has 1 aliphatic heterocycles. The summed E-state index contributed by atoms with van der Waals surface area (Å²) in [5, 5.41) is 0. The predicted molar refractivity (Wildman–Crippen MR) is 76.8 cm³/mol. The van der Waals surface area contributed by atoms with Crippen LogP contribution in [-0.2, 0) is 4.79 Å². The van der Waals surface area contributed by atoms with E-state index in [9.17, 15) is 4.79 Å². The summed E-state index contributed by atoms with van der Waals surface area (Å²) in [5.41, 5.74) is 5.79. The van der Waals surface area contributed by atoms with Gasteiger partial charge < -0.3 is 20.1 Å². The molecule has 1 aromatic rings. The summed E-state index contributed by atoms with van der Waals surface area (Å²) in [7, 11) is 1.61. The van der Waals surface area contributed by atoms with Crippen molar-refractivity contribution < 1.29 is 14.3 Å². The molecule has 1 aliphatic rings. The Balaban J connectivity index is 1.83. The van der Waals surface area contributed by atoms with Crippen LogP contribution < -0.4 is 15.2 Å². The second kappa shape index (κ2) is 6.13. The second-order valence-corrected chi connectivity index (χ2v) is 5.54. The highest BCUT2D eigenvalue weighted by molar-refractivity contribution is 5.78. The summed E-state index contributed by atoms with van der Waals surface area (Å²) in [5.74, 6) is 1.44. The van der Waals surface area contributed by atoms with E-state index >= 15 is 0 Å². The minimum absolute atomic E-state index is 0.0120. The smallest absolute Gasteiger partial charge is 0.260 e. The maximum atomic E-state index is 12.1. The summed E-state index contributed by atoms with van der Waals surface area (Å²) < 4.78 is 10.6. The molecule has 1 fully saturated rings. The van der Waals surface area contributed by atoms with Gasteiger partial charge in [0.2, 0.25) is 0 Å². The average molecular weight is 278 g/mol. The summed E-state index contributed by atoms with van der Waals surface area (Å²) in [4.78, 5) is 13.9.